The summed E-state index contributed by atoms with van der Waals surface area (Å²) in [6.07, 6.45) is -0.112. The predicted molar refractivity (Wildman–Crippen MR) is 79.6 cm³/mol. The van der Waals surface area contributed by atoms with Crippen molar-refractivity contribution in [1.82, 2.24) is 10.2 Å². The second kappa shape index (κ2) is 6.12. The lowest BCUT2D eigenvalue weighted by molar-refractivity contribution is -0.132. The van der Waals surface area contributed by atoms with Crippen molar-refractivity contribution in [3.63, 3.8) is 0 Å². The fourth-order valence-electron chi connectivity index (χ4n) is 2.51. The van der Waals surface area contributed by atoms with Crippen LogP contribution >= 0.6 is 11.6 Å². The average Bonchev–Trinajstić information content (AvgIpc) is 2.72. The van der Waals surface area contributed by atoms with E-state index in [1.165, 1.54) is 0 Å². The second-order valence-corrected chi connectivity index (χ2v) is 5.99. The smallest absolute Gasteiger partial charge is 0.238 e. The first-order valence-electron chi connectivity index (χ1n) is 6.85. The topological polar surface area (TPSA) is 41.6 Å². The Bertz CT molecular complexity index is 473. The van der Waals surface area contributed by atoms with Gasteiger partial charge in [-0.25, -0.2) is 0 Å². The van der Waals surface area contributed by atoms with Gasteiger partial charge in [-0.05, 0) is 38.5 Å². The van der Waals surface area contributed by atoms with Crippen molar-refractivity contribution in [3.8, 4) is 0 Å². The lowest BCUT2D eigenvalue weighted by Crippen LogP contribution is -2.43. The molecule has 1 fully saturated rings. The molecule has 20 heavy (non-hydrogen) atoms. The molecular formula is C15H21ClN2O2. The summed E-state index contributed by atoms with van der Waals surface area (Å²) in [5.41, 5.74) is 0.675. The van der Waals surface area contributed by atoms with E-state index in [4.69, 9.17) is 16.3 Å². The van der Waals surface area contributed by atoms with Crippen LogP contribution in [-0.2, 0) is 9.53 Å². The minimum Gasteiger partial charge on any atom is -0.374 e. The van der Waals surface area contributed by atoms with E-state index in [0.29, 0.717) is 24.7 Å². The van der Waals surface area contributed by atoms with Crippen LogP contribution in [0.5, 0.6) is 0 Å². The van der Waals surface area contributed by atoms with Gasteiger partial charge in [-0.3, -0.25) is 10.1 Å². The van der Waals surface area contributed by atoms with E-state index in [9.17, 15) is 4.79 Å². The lowest BCUT2D eigenvalue weighted by Gasteiger charge is -2.33. The molecule has 0 saturated carbocycles. The molecule has 4 nitrogen and oxygen atoms in total. The summed E-state index contributed by atoms with van der Waals surface area (Å²) in [4.78, 5) is 13.9. The molecule has 1 heterocycles. The molecule has 1 aromatic carbocycles. The third kappa shape index (κ3) is 3.51. The molecule has 5 heteroatoms. The van der Waals surface area contributed by atoms with Crippen LogP contribution in [0.4, 0.5) is 0 Å². The molecular weight excluding hydrogens is 276 g/mol. The fraction of sp³-hybridized carbons (Fsp3) is 0.533. The van der Waals surface area contributed by atoms with Crippen LogP contribution in [0.25, 0.3) is 0 Å². The monoisotopic (exact) mass is 296 g/mol. The molecule has 1 atom stereocenters. The molecule has 0 bridgehead atoms. The van der Waals surface area contributed by atoms with Crippen LogP contribution in [0.15, 0.2) is 24.3 Å². The van der Waals surface area contributed by atoms with Gasteiger partial charge in [0, 0.05) is 11.6 Å². The summed E-state index contributed by atoms with van der Waals surface area (Å²) in [6.45, 7) is 7.51. The van der Waals surface area contributed by atoms with Crippen LogP contribution in [0.1, 0.15) is 32.5 Å². The summed E-state index contributed by atoms with van der Waals surface area (Å²) in [5.74, 6) is 0.0951. The zero-order valence-electron chi connectivity index (χ0n) is 12.1. The molecule has 1 N–H and O–H groups in total. The van der Waals surface area contributed by atoms with Gasteiger partial charge in [0.1, 0.15) is 6.17 Å². The van der Waals surface area contributed by atoms with Crippen molar-refractivity contribution >= 4 is 17.5 Å². The van der Waals surface area contributed by atoms with Crippen LogP contribution < -0.4 is 5.32 Å². The van der Waals surface area contributed by atoms with Crippen molar-refractivity contribution in [3.05, 3.63) is 34.9 Å². The molecule has 1 unspecified atom stereocenters. The van der Waals surface area contributed by atoms with E-state index in [-0.39, 0.29) is 17.7 Å². The summed E-state index contributed by atoms with van der Waals surface area (Å²) in [6, 6.07) is 7.57. The minimum atomic E-state index is -0.360. The van der Waals surface area contributed by atoms with Gasteiger partial charge in [0.05, 0.1) is 18.7 Å². The normalized spacial score (nSPS) is 19.7. The maximum Gasteiger partial charge on any atom is 0.238 e. The Morgan fingerprint density at radius 3 is 2.65 bits per heavy atom. The third-order valence-electron chi connectivity index (χ3n) is 3.35. The highest BCUT2D eigenvalue weighted by molar-refractivity contribution is 6.30. The van der Waals surface area contributed by atoms with E-state index in [0.717, 1.165) is 5.56 Å². The average molecular weight is 297 g/mol. The Morgan fingerprint density at radius 1 is 1.40 bits per heavy atom. The maximum atomic E-state index is 12.1. The van der Waals surface area contributed by atoms with Crippen molar-refractivity contribution in [1.29, 1.82) is 0 Å². The van der Waals surface area contributed by atoms with Crippen molar-refractivity contribution < 1.29 is 9.53 Å². The fourth-order valence-corrected chi connectivity index (χ4v) is 2.63. The molecule has 1 aliphatic rings. The van der Waals surface area contributed by atoms with Crippen LogP contribution in [0.2, 0.25) is 5.02 Å². The van der Waals surface area contributed by atoms with Crippen molar-refractivity contribution in [2.75, 3.05) is 19.7 Å². The Kier molecular flexibility index (Phi) is 4.68. The van der Waals surface area contributed by atoms with E-state index in [1.54, 1.807) is 0 Å². The van der Waals surface area contributed by atoms with E-state index >= 15 is 0 Å². The molecule has 0 radical (unpaired) electrons. The van der Waals surface area contributed by atoms with Gasteiger partial charge < -0.3 is 9.64 Å². The number of carbonyl (C=O) groups is 1. The molecule has 2 rings (SSSR count). The summed E-state index contributed by atoms with van der Waals surface area (Å²) >= 11 is 5.91. The van der Waals surface area contributed by atoms with Gasteiger partial charge in [0.25, 0.3) is 0 Å². The first-order valence-corrected chi connectivity index (χ1v) is 7.23. The predicted octanol–water partition coefficient (Wildman–Crippen LogP) is 2.59. The third-order valence-corrected chi connectivity index (χ3v) is 3.60. The number of halogens is 1. The summed E-state index contributed by atoms with van der Waals surface area (Å²) in [5, 5.41) is 3.93. The molecule has 110 valence electrons. The van der Waals surface area contributed by atoms with Crippen LogP contribution in [-0.4, -0.2) is 36.1 Å². The van der Waals surface area contributed by atoms with E-state index in [2.05, 4.69) is 5.32 Å². The highest BCUT2D eigenvalue weighted by atomic mass is 35.5. The van der Waals surface area contributed by atoms with Gasteiger partial charge in [0.15, 0.2) is 0 Å². The Hall–Kier alpha value is -1.10. The first kappa shape index (κ1) is 15.3. The van der Waals surface area contributed by atoms with Crippen molar-refractivity contribution in [2.45, 2.75) is 32.5 Å². The van der Waals surface area contributed by atoms with Crippen molar-refractivity contribution in [2.24, 2.45) is 0 Å². The Morgan fingerprint density at radius 2 is 2.05 bits per heavy atom. The van der Waals surface area contributed by atoms with Gasteiger partial charge in [-0.2, -0.15) is 0 Å². The molecule has 1 saturated heterocycles. The molecule has 1 aliphatic heterocycles. The quantitative estimate of drug-likeness (QED) is 0.908. The largest absolute Gasteiger partial charge is 0.374 e. The SMILES string of the molecule is CCOC(C)(C)CN1C(=O)CNC1c1ccc(Cl)cc1. The van der Waals surface area contributed by atoms with Gasteiger partial charge in [-0.1, -0.05) is 23.7 Å². The maximum absolute atomic E-state index is 12.1. The molecule has 1 aromatic rings. The molecule has 0 spiro atoms. The van der Waals surface area contributed by atoms with Gasteiger partial charge in [-0.15, -0.1) is 0 Å². The number of nitrogens with zero attached hydrogens (tertiary/aromatic N) is 1. The molecule has 1 amide bonds. The zero-order valence-corrected chi connectivity index (χ0v) is 12.9. The highest BCUT2D eigenvalue weighted by Gasteiger charge is 2.35. The first-order chi connectivity index (χ1) is 9.43. The van der Waals surface area contributed by atoms with E-state index in [1.807, 2.05) is 49.9 Å². The standard InChI is InChI=1S/C15H21ClN2O2/c1-4-20-15(2,3)10-18-13(19)9-17-14(18)11-5-7-12(16)8-6-11/h5-8,14,17H,4,9-10H2,1-3H3. The molecule has 0 aromatic heterocycles. The summed E-state index contributed by atoms with van der Waals surface area (Å²) in [7, 11) is 0. The number of rotatable bonds is 5. The zero-order chi connectivity index (χ0) is 14.8. The van der Waals surface area contributed by atoms with Crippen LogP contribution in [0, 0.1) is 0 Å². The second-order valence-electron chi connectivity index (χ2n) is 5.55. The van der Waals surface area contributed by atoms with Gasteiger partial charge >= 0.3 is 0 Å². The summed E-state index contributed by atoms with van der Waals surface area (Å²) < 4.78 is 5.70. The minimum absolute atomic E-state index is 0.0951. The number of benzene rings is 1. The lowest BCUT2D eigenvalue weighted by atomic mass is 10.1. The Balaban J connectivity index is 2.16. The number of hydrogen-bond donors (Lipinski definition) is 1. The number of amides is 1. The number of ether oxygens (including phenoxy) is 1. The molecule has 0 aliphatic carbocycles. The Labute approximate surface area is 125 Å². The number of carbonyl (C=O) groups excluding carboxylic acids is 1. The van der Waals surface area contributed by atoms with Crippen LogP contribution in [0.3, 0.4) is 0 Å². The van der Waals surface area contributed by atoms with E-state index < -0.39 is 0 Å². The van der Waals surface area contributed by atoms with Gasteiger partial charge in [0.2, 0.25) is 5.91 Å². The highest BCUT2D eigenvalue weighted by Crippen LogP contribution is 2.26. The number of hydrogen-bond acceptors (Lipinski definition) is 3. The number of nitrogens with one attached hydrogen (secondary N) is 1.